The molecule has 7 nitrogen and oxygen atoms in total. The van der Waals surface area contributed by atoms with E-state index in [0.29, 0.717) is 45.0 Å². The molecule has 73 heavy (non-hydrogen) atoms. The maximum absolute atomic E-state index is 11.3. The summed E-state index contributed by atoms with van der Waals surface area (Å²) in [6.07, 6.45) is 0. The summed E-state index contributed by atoms with van der Waals surface area (Å²) in [7, 11) is 0. The van der Waals surface area contributed by atoms with Crippen LogP contribution < -0.4 is 0 Å². The summed E-state index contributed by atoms with van der Waals surface area (Å²) in [5.41, 5.74) is 13.9. The Bertz CT molecular complexity index is 2980. The van der Waals surface area contributed by atoms with Gasteiger partial charge in [-0.2, -0.15) is 0 Å². The van der Waals surface area contributed by atoms with Gasteiger partial charge in [0.05, 0.1) is 37.6 Å². The zero-order valence-corrected chi connectivity index (χ0v) is 52.1. The van der Waals surface area contributed by atoms with Crippen molar-refractivity contribution in [3.05, 3.63) is 226 Å². The van der Waals surface area contributed by atoms with Gasteiger partial charge in [-0.05, 0) is 175 Å². The van der Waals surface area contributed by atoms with Crippen molar-refractivity contribution >= 4 is 163 Å². The van der Waals surface area contributed by atoms with Crippen molar-refractivity contribution in [3.8, 4) is 44.5 Å². The van der Waals surface area contributed by atoms with Crippen LogP contribution in [0.1, 0.15) is 54.1 Å². The predicted molar refractivity (Wildman–Crippen MR) is 322 cm³/mol. The lowest BCUT2D eigenvalue weighted by atomic mass is 9.95. The third-order valence-corrected chi connectivity index (χ3v) is 15.7. The second-order valence-electron chi connectivity index (χ2n) is 15.9. The van der Waals surface area contributed by atoms with Gasteiger partial charge >= 0.3 is 11.9 Å². The molecule has 0 aliphatic carbocycles. The molecule has 0 spiro atoms. The highest BCUT2D eigenvalue weighted by Crippen LogP contribution is 2.37. The molecule has 8 aromatic rings. The SMILES string of the molecule is Brc1ccc2c(c1)COCc1cc(Br)ccc1-2.ClCc1cc(Br)ccc1-c1ccc(Br)cc1CCl.O=C(O)c1cc(Br)ccc1-c1ccc(Br)cc1C(=O)O.OCc1cc(Br)ccc1-c1ccc(Br)cc1CO. The lowest BCUT2D eigenvalue weighted by Crippen LogP contribution is -2.04. The summed E-state index contributed by atoms with van der Waals surface area (Å²) < 4.78 is 13.1. The van der Waals surface area contributed by atoms with Crippen molar-refractivity contribution in [1.29, 1.82) is 0 Å². The van der Waals surface area contributed by atoms with Crippen molar-refractivity contribution in [3.63, 3.8) is 0 Å². The number of benzene rings is 8. The van der Waals surface area contributed by atoms with E-state index < -0.39 is 11.9 Å². The summed E-state index contributed by atoms with van der Waals surface area (Å²) in [5.74, 6) is -1.26. The van der Waals surface area contributed by atoms with Crippen LogP contribution in [0.4, 0.5) is 0 Å². The van der Waals surface area contributed by atoms with E-state index >= 15 is 0 Å². The Morgan fingerprint density at radius 2 is 0.616 bits per heavy atom. The van der Waals surface area contributed by atoms with E-state index in [1.165, 1.54) is 34.4 Å². The molecule has 8 aromatic carbocycles. The van der Waals surface area contributed by atoms with E-state index in [4.69, 9.17) is 27.9 Å². The van der Waals surface area contributed by atoms with Crippen LogP contribution in [0.3, 0.4) is 0 Å². The molecular formula is C56H40Br8Cl2O7. The van der Waals surface area contributed by atoms with E-state index in [1.54, 1.807) is 24.3 Å². The molecule has 0 saturated carbocycles. The molecule has 0 atom stereocenters. The molecule has 0 saturated heterocycles. The van der Waals surface area contributed by atoms with Gasteiger partial charge in [0, 0.05) is 47.5 Å². The molecule has 4 N–H and O–H groups in total. The van der Waals surface area contributed by atoms with Gasteiger partial charge in [-0.25, -0.2) is 9.59 Å². The highest BCUT2D eigenvalue weighted by Gasteiger charge is 2.19. The second kappa shape index (κ2) is 28.4. The van der Waals surface area contributed by atoms with E-state index in [9.17, 15) is 30.0 Å². The van der Waals surface area contributed by atoms with Gasteiger partial charge in [-0.3, -0.25) is 0 Å². The number of carbonyl (C=O) groups is 2. The van der Waals surface area contributed by atoms with Crippen LogP contribution in [0.5, 0.6) is 0 Å². The number of aromatic carboxylic acids is 2. The molecule has 0 aromatic heterocycles. The smallest absolute Gasteiger partial charge is 0.336 e. The number of aliphatic hydroxyl groups excluding tert-OH is 2. The lowest BCUT2D eigenvalue weighted by Gasteiger charge is -2.12. The fraction of sp³-hybridized carbons (Fsp3) is 0.107. The summed E-state index contributed by atoms with van der Waals surface area (Å²) in [4.78, 5) is 22.6. The van der Waals surface area contributed by atoms with Crippen molar-refractivity contribution in [2.45, 2.75) is 38.2 Å². The second-order valence-corrected chi connectivity index (χ2v) is 23.7. The molecule has 0 amide bonds. The molecule has 0 bridgehead atoms. The van der Waals surface area contributed by atoms with Gasteiger partial charge in [0.15, 0.2) is 0 Å². The number of halogens is 10. The molecule has 376 valence electrons. The Hall–Kier alpha value is -3.00. The molecule has 0 fully saturated rings. The van der Waals surface area contributed by atoms with Gasteiger partial charge < -0.3 is 25.2 Å². The number of hydrogen-bond acceptors (Lipinski definition) is 5. The first-order valence-electron chi connectivity index (χ1n) is 21.6. The highest BCUT2D eigenvalue weighted by molar-refractivity contribution is 9.11. The highest BCUT2D eigenvalue weighted by atomic mass is 79.9. The van der Waals surface area contributed by atoms with Crippen molar-refractivity contribution in [1.82, 2.24) is 0 Å². The van der Waals surface area contributed by atoms with Crippen LogP contribution >= 0.6 is 151 Å². The van der Waals surface area contributed by atoms with E-state index in [0.717, 1.165) is 71.3 Å². The van der Waals surface area contributed by atoms with Gasteiger partial charge in [0.2, 0.25) is 0 Å². The number of aliphatic hydroxyl groups is 2. The van der Waals surface area contributed by atoms with E-state index in [2.05, 4.69) is 176 Å². The number of carboxylic acid groups (broad SMARTS) is 2. The van der Waals surface area contributed by atoms with Crippen molar-refractivity contribution in [2.24, 2.45) is 0 Å². The quantitative estimate of drug-likeness (QED) is 0.106. The van der Waals surface area contributed by atoms with Crippen LogP contribution in [0, 0.1) is 0 Å². The first-order chi connectivity index (χ1) is 34.9. The molecule has 1 aliphatic rings. The summed E-state index contributed by atoms with van der Waals surface area (Å²) in [6, 6.07) is 45.9. The number of hydrogen-bond donors (Lipinski definition) is 4. The normalized spacial score (nSPS) is 11.3. The Morgan fingerprint density at radius 3 is 0.904 bits per heavy atom. The summed E-state index contributed by atoms with van der Waals surface area (Å²) >= 11 is 39.2. The Kier molecular flexibility index (Phi) is 23.0. The Labute approximate surface area is 500 Å². The van der Waals surface area contributed by atoms with Gasteiger partial charge in [0.25, 0.3) is 0 Å². The molecule has 1 aliphatic heterocycles. The van der Waals surface area contributed by atoms with Crippen LogP contribution in [-0.2, 0) is 42.9 Å². The molecule has 17 heteroatoms. The maximum Gasteiger partial charge on any atom is 0.336 e. The van der Waals surface area contributed by atoms with Gasteiger partial charge in [-0.15, -0.1) is 23.2 Å². The molecular weight excluding hydrogens is 1490 g/mol. The number of ether oxygens (including phenoxy) is 1. The van der Waals surface area contributed by atoms with Crippen LogP contribution in [0.25, 0.3) is 44.5 Å². The maximum atomic E-state index is 11.3. The van der Waals surface area contributed by atoms with Crippen LogP contribution in [0.15, 0.2) is 181 Å². The van der Waals surface area contributed by atoms with Crippen LogP contribution in [0.2, 0.25) is 0 Å². The third kappa shape index (κ3) is 16.0. The Balaban J connectivity index is 0.000000159. The third-order valence-electron chi connectivity index (χ3n) is 11.1. The predicted octanol–water partition coefficient (Wildman–Crippen LogP) is 19.4. The Morgan fingerprint density at radius 1 is 0.370 bits per heavy atom. The topological polar surface area (TPSA) is 124 Å². The van der Waals surface area contributed by atoms with E-state index in [-0.39, 0.29) is 24.3 Å². The minimum absolute atomic E-state index is 0.0320. The van der Waals surface area contributed by atoms with Gasteiger partial charge in [-0.1, -0.05) is 176 Å². The average molecular weight is 1540 g/mol. The van der Waals surface area contributed by atoms with Crippen molar-refractivity contribution in [2.75, 3.05) is 0 Å². The van der Waals surface area contributed by atoms with Gasteiger partial charge in [0.1, 0.15) is 0 Å². The fourth-order valence-electron chi connectivity index (χ4n) is 7.80. The minimum atomic E-state index is -1.11. The zero-order chi connectivity index (χ0) is 52.9. The van der Waals surface area contributed by atoms with Crippen molar-refractivity contribution < 1.29 is 34.8 Å². The minimum Gasteiger partial charge on any atom is -0.478 e. The van der Waals surface area contributed by atoms with E-state index in [1.807, 2.05) is 60.7 Å². The monoisotopic (exact) mass is 1530 g/mol. The number of rotatable bonds is 9. The number of alkyl halides is 2. The molecule has 0 unspecified atom stereocenters. The average Bonchev–Trinajstić information content (AvgIpc) is 3.55. The standard InChI is InChI=1S/C14H10Br2Cl2.C14H8Br2O4.C14H12Br2O2.C14H10Br2O/c15-11-1-3-13(9(5-11)7-17)14-4-2-12(16)6-10(14)8-18;15-7-1-3-9(11(5-7)13(17)18)10-4-2-8(16)6-12(10)14(19)20;15-11-1-3-13(9(5-11)7-17)14-4-2-12(16)6-10(14)8-18;15-11-1-3-13-9(5-11)7-17-8-10-6-12(16)2-4-14(10)13/h1-6H,7-8H2;1-6H,(H,17,18)(H,19,20);1-6,17-18H,7-8H2;1-6H,7-8H2. The molecule has 9 rings (SSSR count). The lowest BCUT2D eigenvalue weighted by molar-refractivity contribution is 0.0684. The first-order valence-corrected chi connectivity index (χ1v) is 29.1. The largest absolute Gasteiger partial charge is 0.478 e. The first kappa shape index (κ1) is 59.2. The summed E-state index contributed by atoms with van der Waals surface area (Å²) in [6.45, 7) is 1.27. The fourth-order valence-corrected chi connectivity index (χ4v) is 11.4. The zero-order valence-electron chi connectivity index (χ0n) is 37.9. The summed E-state index contributed by atoms with van der Waals surface area (Å²) in [5, 5.41) is 37.4. The molecule has 0 radical (unpaired) electrons. The number of carboxylic acids is 2. The number of fused-ring (bicyclic) bond motifs is 3. The molecule has 1 heterocycles. The van der Waals surface area contributed by atoms with Crippen LogP contribution in [-0.4, -0.2) is 32.4 Å².